The fraction of sp³-hybridized carbons (Fsp3) is 0.435. The molecule has 0 aromatic carbocycles. The number of ether oxygens (including phenoxy) is 2. The molecule has 0 saturated carbocycles. The summed E-state index contributed by atoms with van der Waals surface area (Å²) in [6.07, 6.45) is 3.50. The van der Waals surface area contributed by atoms with Crippen molar-refractivity contribution in [1.82, 2.24) is 19.9 Å². The van der Waals surface area contributed by atoms with Crippen molar-refractivity contribution in [2.75, 3.05) is 31.6 Å². The highest BCUT2D eigenvalue weighted by Crippen LogP contribution is 2.24. The summed E-state index contributed by atoms with van der Waals surface area (Å²) in [4.78, 5) is 47.4. The van der Waals surface area contributed by atoms with E-state index in [1.807, 2.05) is 31.1 Å². The lowest BCUT2D eigenvalue weighted by Gasteiger charge is -2.22. The van der Waals surface area contributed by atoms with Gasteiger partial charge in [0.05, 0.1) is 29.6 Å². The Kier molecular flexibility index (Phi) is 6.78. The van der Waals surface area contributed by atoms with Crippen LogP contribution in [0, 0.1) is 0 Å². The summed E-state index contributed by atoms with van der Waals surface area (Å²) in [5.74, 6) is 0.322. The van der Waals surface area contributed by atoms with Crippen molar-refractivity contribution in [2.24, 2.45) is 0 Å². The number of fused-ring (bicyclic) bond motifs is 1. The SMILES string of the molecule is COC1CN(c2ccc3c(=O)c(C=O)cn(-c4nccs4)c3n2)CC1NCC(=O)OC(C)(C)C. The van der Waals surface area contributed by atoms with Gasteiger partial charge in [-0.1, -0.05) is 0 Å². The van der Waals surface area contributed by atoms with Crippen molar-refractivity contribution in [3.8, 4) is 5.13 Å². The van der Waals surface area contributed by atoms with E-state index in [1.54, 1.807) is 30.0 Å². The van der Waals surface area contributed by atoms with E-state index in [9.17, 15) is 14.4 Å². The van der Waals surface area contributed by atoms with Gasteiger partial charge in [0, 0.05) is 38.0 Å². The number of methoxy groups -OCH3 is 1. The highest BCUT2D eigenvalue weighted by atomic mass is 32.1. The van der Waals surface area contributed by atoms with Gasteiger partial charge in [-0.25, -0.2) is 9.97 Å². The zero-order valence-electron chi connectivity index (χ0n) is 19.5. The third-order valence-electron chi connectivity index (χ3n) is 5.44. The molecule has 10 nitrogen and oxygen atoms in total. The minimum Gasteiger partial charge on any atom is -0.459 e. The minimum atomic E-state index is -0.549. The molecule has 1 aliphatic rings. The number of nitrogens with one attached hydrogen (secondary N) is 1. The highest BCUT2D eigenvalue weighted by molar-refractivity contribution is 7.12. The average molecular weight is 486 g/mol. The summed E-state index contributed by atoms with van der Waals surface area (Å²) >= 11 is 1.38. The van der Waals surface area contributed by atoms with E-state index >= 15 is 0 Å². The standard InChI is InChI=1S/C23H27N5O5S/c1-23(2,3)33-19(30)9-25-16-11-27(12-17(16)32-4)18-6-5-15-20(31)14(13-29)10-28(21(15)26-18)22-24-7-8-34-22/h5-8,10,13,16-17,25H,9,11-12H2,1-4H3. The topological polar surface area (TPSA) is 116 Å². The Bertz CT molecular complexity index is 1250. The molecule has 4 rings (SSSR count). The normalized spacial score (nSPS) is 18.4. The first kappa shape index (κ1) is 24.0. The molecule has 0 amide bonds. The Morgan fingerprint density at radius 3 is 2.76 bits per heavy atom. The number of esters is 1. The van der Waals surface area contributed by atoms with Crippen LogP contribution in [0.1, 0.15) is 31.1 Å². The van der Waals surface area contributed by atoms with Crippen LogP contribution in [-0.2, 0) is 14.3 Å². The monoisotopic (exact) mass is 485 g/mol. The number of carbonyl (C=O) groups is 2. The second-order valence-corrected chi connectivity index (χ2v) is 9.88. The van der Waals surface area contributed by atoms with Crippen LogP contribution in [0.2, 0.25) is 0 Å². The highest BCUT2D eigenvalue weighted by Gasteiger charge is 2.34. The van der Waals surface area contributed by atoms with Gasteiger partial charge in [0.1, 0.15) is 11.4 Å². The first-order valence-electron chi connectivity index (χ1n) is 10.8. The van der Waals surface area contributed by atoms with Gasteiger partial charge in [0.2, 0.25) is 5.43 Å². The number of pyridine rings is 2. The lowest BCUT2D eigenvalue weighted by molar-refractivity contribution is -0.153. The Morgan fingerprint density at radius 1 is 1.32 bits per heavy atom. The Morgan fingerprint density at radius 2 is 2.12 bits per heavy atom. The van der Waals surface area contributed by atoms with Gasteiger partial charge in [-0.3, -0.25) is 24.3 Å². The second kappa shape index (κ2) is 9.61. The summed E-state index contributed by atoms with van der Waals surface area (Å²) in [5, 5.41) is 5.98. The number of aldehydes is 1. The molecule has 1 N–H and O–H groups in total. The Labute approximate surface area is 200 Å². The van der Waals surface area contributed by atoms with Crippen LogP contribution in [0.15, 0.2) is 34.7 Å². The van der Waals surface area contributed by atoms with E-state index in [1.165, 1.54) is 17.5 Å². The molecule has 2 unspecified atom stereocenters. The van der Waals surface area contributed by atoms with Gasteiger partial charge in [0.25, 0.3) is 0 Å². The van der Waals surface area contributed by atoms with Crippen molar-refractivity contribution in [1.29, 1.82) is 0 Å². The van der Waals surface area contributed by atoms with Gasteiger partial charge in [-0.2, -0.15) is 0 Å². The molecule has 0 aliphatic carbocycles. The molecule has 1 aliphatic heterocycles. The molecular weight excluding hydrogens is 458 g/mol. The molecule has 34 heavy (non-hydrogen) atoms. The first-order chi connectivity index (χ1) is 16.2. The molecule has 180 valence electrons. The molecule has 0 bridgehead atoms. The summed E-state index contributed by atoms with van der Waals surface area (Å²) < 4.78 is 12.7. The molecule has 3 aromatic heterocycles. The molecule has 0 radical (unpaired) electrons. The number of nitrogens with zero attached hydrogens (tertiary/aromatic N) is 4. The van der Waals surface area contributed by atoms with Crippen LogP contribution in [0.25, 0.3) is 16.2 Å². The quantitative estimate of drug-likeness (QED) is 0.395. The zero-order valence-corrected chi connectivity index (χ0v) is 20.3. The average Bonchev–Trinajstić information content (AvgIpc) is 3.47. The van der Waals surface area contributed by atoms with Crippen molar-refractivity contribution in [2.45, 2.75) is 38.5 Å². The van der Waals surface area contributed by atoms with Crippen molar-refractivity contribution in [3.63, 3.8) is 0 Å². The maximum Gasteiger partial charge on any atom is 0.320 e. The first-order valence-corrected chi connectivity index (χ1v) is 11.7. The fourth-order valence-corrected chi connectivity index (χ4v) is 4.56. The van der Waals surface area contributed by atoms with Crippen LogP contribution in [0.4, 0.5) is 5.82 Å². The van der Waals surface area contributed by atoms with Crippen LogP contribution in [0.3, 0.4) is 0 Å². The van der Waals surface area contributed by atoms with E-state index in [0.717, 1.165) is 0 Å². The maximum absolute atomic E-state index is 12.7. The molecule has 1 fully saturated rings. The molecule has 0 spiro atoms. The maximum atomic E-state index is 12.7. The molecule has 2 atom stereocenters. The zero-order chi connectivity index (χ0) is 24.5. The van der Waals surface area contributed by atoms with Gasteiger partial charge < -0.3 is 14.4 Å². The summed E-state index contributed by atoms with van der Waals surface area (Å²) in [5.41, 5.74) is -0.455. The predicted octanol–water partition coefficient (Wildman–Crippen LogP) is 1.79. The third kappa shape index (κ3) is 5.01. The number of hydrogen-bond acceptors (Lipinski definition) is 10. The number of anilines is 1. The Balaban J connectivity index is 1.61. The van der Waals surface area contributed by atoms with Gasteiger partial charge in [-0.15, -0.1) is 11.3 Å². The van der Waals surface area contributed by atoms with Crippen LogP contribution in [0.5, 0.6) is 0 Å². The predicted molar refractivity (Wildman–Crippen MR) is 129 cm³/mol. The number of thiazole rings is 1. The number of rotatable bonds is 7. The lowest BCUT2D eigenvalue weighted by atomic mass is 10.2. The lowest BCUT2D eigenvalue weighted by Crippen LogP contribution is -2.44. The van der Waals surface area contributed by atoms with E-state index in [2.05, 4.69) is 10.3 Å². The molecule has 11 heteroatoms. The number of carbonyl (C=O) groups excluding carboxylic acids is 2. The second-order valence-electron chi connectivity index (χ2n) is 9.01. The van der Waals surface area contributed by atoms with Crippen molar-refractivity contribution >= 4 is 40.4 Å². The number of aromatic nitrogens is 3. The van der Waals surface area contributed by atoms with E-state index < -0.39 is 5.60 Å². The van der Waals surface area contributed by atoms with Crippen LogP contribution < -0.4 is 15.6 Å². The van der Waals surface area contributed by atoms with Crippen LogP contribution >= 0.6 is 11.3 Å². The Hall–Kier alpha value is -3.15. The van der Waals surface area contributed by atoms with Gasteiger partial charge in [-0.05, 0) is 32.9 Å². The fourth-order valence-electron chi connectivity index (χ4n) is 3.94. The smallest absolute Gasteiger partial charge is 0.320 e. The molecule has 4 heterocycles. The van der Waals surface area contributed by atoms with E-state index in [0.29, 0.717) is 41.4 Å². The molecule has 1 saturated heterocycles. The van der Waals surface area contributed by atoms with E-state index in [4.69, 9.17) is 14.5 Å². The summed E-state index contributed by atoms with van der Waals surface area (Å²) in [6, 6.07) is 3.32. The van der Waals surface area contributed by atoms with Crippen molar-refractivity contribution < 1.29 is 19.1 Å². The van der Waals surface area contributed by atoms with Gasteiger partial charge >= 0.3 is 5.97 Å². The largest absolute Gasteiger partial charge is 0.459 e. The van der Waals surface area contributed by atoms with Gasteiger partial charge in [0.15, 0.2) is 17.1 Å². The minimum absolute atomic E-state index is 0.0456. The number of hydrogen-bond donors (Lipinski definition) is 1. The summed E-state index contributed by atoms with van der Waals surface area (Å²) in [7, 11) is 1.63. The van der Waals surface area contributed by atoms with Crippen LogP contribution in [-0.4, -0.2) is 71.3 Å². The summed E-state index contributed by atoms with van der Waals surface area (Å²) in [6.45, 7) is 6.65. The van der Waals surface area contributed by atoms with Crippen molar-refractivity contribution in [3.05, 3.63) is 45.7 Å². The molecule has 3 aromatic rings. The molecular formula is C23H27N5O5S. The van der Waals surface area contributed by atoms with E-state index in [-0.39, 0.29) is 35.7 Å². The third-order valence-corrected chi connectivity index (χ3v) is 6.21.